The van der Waals surface area contributed by atoms with Gasteiger partial charge in [-0.3, -0.25) is 0 Å². The molecule has 0 saturated carbocycles. The van der Waals surface area contributed by atoms with Crippen molar-refractivity contribution in [3.8, 4) is 0 Å². The molecule has 0 spiro atoms. The normalized spacial score (nSPS) is 12.2. The smallest absolute Gasteiger partial charge is 0.00856 e. The van der Waals surface area contributed by atoms with Gasteiger partial charge in [-0.25, -0.2) is 0 Å². The van der Waals surface area contributed by atoms with E-state index in [9.17, 15) is 0 Å². The van der Waals surface area contributed by atoms with E-state index in [0.29, 0.717) is 5.41 Å². The van der Waals surface area contributed by atoms with Crippen molar-refractivity contribution in [1.82, 2.24) is 0 Å². The molecule has 0 aliphatic rings. The van der Waals surface area contributed by atoms with Crippen molar-refractivity contribution in [1.29, 1.82) is 0 Å². The van der Waals surface area contributed by atoms with Gasteiger partial charge in [0, 0.05) is 5.33 Å². The number of benzene rings is 1. The minimum Gasteiger partial charge on any atom is -0.0922 e. The Labute approximate surface area is 95.2 Å². The summed E-state index contributed by atoms with van der Waals surface area (Å²) in [6, 6.07) is 10.4. The van der Waals surface area contributed by atoms with E-state index >= 15 is 0 Å². The van der Waals surface area contributed by atoms with Gasteiger partial charge in [-0.05, 0) is 17.4 Å². The molecule has 0 N–H and O–H groups in total. The van der Waals surface area contributed by atoms with E-state index in [1.54, 1.807) is 0 Å². The van der Waals surface area contributed by atoms with Crippen LogP contribution >= 0.6 is 15.9 Å². The van der Waals surface area contributed by atoms with E-state index in [1.807, 2.05) is 6.07 Å². The van der Waals surface area contributed by atoms with Gasteiger partial charge in [0.05, 0.1) is 0 Å². The molecule has 0 radical (unpaired) electrons. The minimum absolute atomic E-state index is 0.352. The van der Waals surface area contributed by atoms with Gasteiger partial charge in [0.1, 0.15) is 0 Å². The highest BCUT2D eigenvalue weighted by Gasteiger charge is 2.12. The molecule has 1 aromatic rings. The SMILES string of the molecule is CC(C)(CBr)C/C=C/c1ccccc1. The predicted molar refractivity (Wildman–Crippen MR) is 67.7 cm³/mol. The first-order valence-corrected chi connectivity index (χ1v) is 6.04. The van der Waals surface area contributed by atoms with Crippen molar-refractivity contribution in [2.24, 2.45) is 5.41 Å². The molecule has 14 heavy (non-hydrogen) atoms. The van der Waals surface area contributed by atoms with E-state index < -0.39 is 0 Å². The number of halogens is 1. The zero-order chi connectivity index (χ0) is 10.4. The van der Waals surface area contributed by atoms with Crippen molar-refractivity contribution < 1.29 is 0 Å². The number of alkyl halides is 1. The summed E-state index contributed by atoms with van der Waals surface area (Å²) in [5, 5.41) is 1.04. The Bertz CT molecular complexity index is 285. The highest BCUT2D eigenvalue weighted by Crippen LogP contribution is 2.23. The van der Waals surface area contributed by atoms with Crippen molar-refractivity contribution in [2.75, 3.05) is 5.33 Å². The van der Waals surface area contributed by atoms with E-state index in [2.05, 4.69) is 66.2 Å². The summed E-state index contributed by atoms with van der Waals surface area (Å²) in [5.41, 5.74) is 1.63. The van der Waals surface area contributed by atoms with Crippen LogP contribution in [0.4, 0.5) is 0 Å². The number of hydrogen-bond acceptors (Lipinski definition) is 0. The molecular formula is C13H17Br. The molecule has 0 bridgehead atoms. The van der Waals surface area contributed by atoms with Gasteiger partial charge in [0.2, 0.25) is 0 Å². The van der Waals surface area contributed by atoms with Gasteiger partial charge >= 0.3 is 0 Å². The van der Waals surface area contributed by atoms with Gasteiger partial charge in [-0.15, -0.1) is 0 Å². The number of hydrogen-bond donors (Lipinski definition) is 0. The lowest BCUT2D eigenvalue weighted by Crippen LogP contribution is -2.10. The fourth-order valence-corrected chi connectivity index (χ4v) is 1.36. The van der Waals surface area contributed by atoms with Gasteiger partial charge in [-0.2, -0.15) is 0 Å². The van der Waals surface area contributed by atoms with Crippen LogP contribution < -0.4 is 0 Å². The van der Waals surface area contributed by atoms with Crippen molar-refractivity contribution in [3.63, 3.8) is 0 Å². The van der Waals surface area contributed by atoms with E-state index in [-0.39, 0.29) is 0 Å². The van der Waals surface area contributed by atoms with Gasteiger partial charge in [0.25, 0.3) is 0 Å². The maximum Gasteiger partial charge on any atom is 0.00856 e. The average Bonchev–Trinajstić information content (AvgIpc) is 2.19. The Morgan fingerprint density at radius 1 is 1.21 bits per heavy atom. The molecule has 1 rings (SSSR count). The molecule has 76 valence electrons. The van der Waals surface area contributed by atoms with Crippen LogP contribution in [-0.4, -0.2) is 5.33 Å². The van der Waals surface area contributed by atoms with Crippen molar-refractivity contribution >= 4 is 22.0 Å². The van der Waals surface area contributed by atoms with Gasteiger partial charge in [-0.1, -0.05) is 72.3 Å². The number of rotatable bonds is 4. The Kier molecular flexibility index (Phi) is 4.40. The molecule has 0 nitrogen and oxygen atoms in total. The number of allylic oxidation sites excluding steroid dienone is 1. The van der Waals surface area contributed by atoms with E-state index in [4.69, 9.17) is 0 Å². The lowest BCUT2D eigenvalue weighted by atomic mass is 9.92. The van der Waals surface area contributed by atoms with Crippen LogP contribution in [-0.2, 0) is 0 Å². The molecule has 0 heterocycles. The Morgan fingerprint density at radius 2 is 1.86 bits per heavy atom. The third-order valence-corrected chi connectivity index (χ3v) is 3.66. The molecule has 0 aliphatic carbocycles. The van der Waals surface area contributed by atoms with Crippen LogP contribution in [0.3, 0.4) is 0 Å². The quantitative estimate of drug-likeness (QED) is 0.692. The largest absolute Gasteiger partial charge is 0.0922 e. The summed E-state index contributed by atoms with van der Waals surface area (Å²) < 4.78 is 0. The van der Waals surface area contributed by atoms with Crippen LogP contribution in [0.25, 0.3) is 6.08 Å². The summed E-state index contributed by atoms with van der Waals surface area (Å²) in [5.74, 6) is 0. The fraction of sp³-hybridized carbons (Fsp3) is 0.385. The van der Waals surface area contributed by atoms with Crippen LogP contribution in [0.1, 0.15) is 25.8 Å². The van der Waals surface area contributed by atoms with Crippen LogP contribution in [0.5, 0.6) is 0 Å². The zero-order valence-electron chi connectivity index (χ0n) is 8.83. The van der Waals surface area contributed by atoms with E-state index in [0.717, 1.165) is 11.8 Å². The summed E-state index contributed by atoms with van der Waals surface area (Å²) in [6.07, 6.45) is 5.54. The maximum absolute atomic E-state index is 3.52. The first-order valence-electron chi connectivity index (χ1n) is 4.92. The van der Waals surface area contributed by atoms with Crippen LogP contribution in [0.2, 0.25) is 0 Å². The summed E-state index contributed by atoms with van der Waals surface area (Å²) in [6.45, 7) is 4.52. The lowest BCUT2D eigenvalue weighted by Gasteiger charge is -2.18. The molecule has 1 heteroatoms. The van der Waals surface area contributed by atoms with Crippen LogP contribution in [0, 0.1) is 5.41 Å². The molecule has 0 aromatic heterocycles. The molecular weight excluding hydrogens is 236 g/mol. The highest BCUT2D eigenvalue weighted by molar-refractivity contribution is 9.09. The third kappa shape index (κ3) is 4.10. The maximum atomic E-state index is 3.52. The van der Waals surface area contributed by atoms with Crippen molar-refractivity contribution in [2.45, 2.75) is 20.3 Å². The van der Waals surface area contributed by atoms with Crippen molar-refractivity contribution in [3.05, 3.63) is 42.0 Å². The second kappa shape index (κ2) is 5.35. The van der Waals surface area contributed by atoms with Gasteiger partial charge in [0.15, 0.2) is 0 Å². The molecule has 1 aromatic carbocycles. The Morgan fingerprint density at radius 3 is 2.43 bits per heavy atom. The second-order valence-corrected chi connectivity index (χ2v) is 4.88. The van der Waals surface area contributed by atoms with Crippen LogP contribution in [0.15, 0.2) is 36.4 Å². The molecule has 0 amide bonds. The molecule has 0 fully saturated rings. The molecule has 0 aliphatic heterocycles. The topological polar surface area (TPSA) is 0 Å². The molecule has 0 atom stereocenters. The van der Waals surface area contributed by atoms with E-state index in [1.165, 1.54) is 5.56 Å². The summed E-state index contributed by atoms with van der Waals surface area (Å²) >= 11 is 3.52. The molecule has 0 saturated heterocycles. The molecule has 0 unspecified atom stereocenters. The summed E-state index contributed by atoms with van der Waals surface area (Å²) in [7, 11) is 0. The summed E-state index contributed by atoms with van der Waals surface area (Å²) in [4.78, 5) is 0. The first-order chi connectivity index (χ1) is 6.64. The standard InChI is InChI=1S/C13H17Br/c1-13(2,11-14)10-6-9-12-7-4-3-5-8-12/h3-9H,10-11H2,1-2H3/b9-6+. The monoisotopic (exact) mass is 252 g/mol. The Hall–Kier alpha value is -0.560. The lowest BCUT2D eigenvalue weighted by molar-refractivity contribution is 0.435. The predicted octanol–water partition coefficient (Wildman–Crippen LogP) is 4.51. The average molecular weight is 253 g/mol. The van der Waals surface area contributed by atoms with Gasteiger partial charge < -0.3 is 0 Å². The minimum atomic E-state index is 0.352. The zero-order valence-corrected chi connectivity index (χ0v) is 10.4. The Balaban J connectivity index is 2.50. The fourth-order valence-electron chi connectivity index (χ4n) is 1.13. The highest BCUT2D eigenvalue weighted by atomic mass is 79.9. The second-order valence-electron chi connectivity index (χ2n) is 4.32. The third-order valence-electron chi connectivity index (χ3n) is 2.14. The first kappa shape index (κ1) is 11.5.